The van der Waals surface area contributed by atoms with Gasteiger partial charge in [0.1, 0.15) is 0 Å². The van der Waals surface area contributed by atoms with E-state index in [2.05, 4.69) is 13.8 Å². The van der Waals surface area contributed by atoms with E-state index >= 15 is 0 Å². The maximum Gasteiger partial charge on any atom is 0.361 e. The molecule has 0 bridgehead atoms. The first-order valence-corrected chi connectivity index (χ1v) is 8.56. The van der Waals surface area contributed by atoms with Crippen molar-refractivity contribution in [3.8, 4) is 0 Å². The first-order valence-electron chi connectivity index (χ1n) is 7.02. The van der Waals surface area contributed by atoms with Crippen LogP contribution in [0.15, 0.2) is 30.3 Å². The van der Waals surface area contributed by atoms with Crippen LogP contribution in [0.2, 0.25) is 0 Å². The van der Waals surface area contributed by atoms with Gasteiger partial charge in [-0.3, -0.25) is 4.57 Å². The molecule has 1 rings (SSSR count). The summed E-state index contributed by atoms with van der Waals surface area (Å²) in [6, 6.07) is 9.16. The molecule has 3 nitrogen and oxygen atoms in total. The van der Waals surface area contributed by atoms with Crippen molar-refractivity contribution in [2.75, 3.05) is 13.7 Å². The maximum absolute atomic E-state index is 12.6. The maximum atomic E-state index is 12.6. The Bertz CT molecular complexity index is 392. The minimum absolute atomic E-state index is 0.451. The van der Waals surface area contributed by atoms with Gasteiger partial charge in [0.05, 0.1) is 11.9 Å². The standard InChI is InChI=1S/C15H25O3P/c1-4-6-10-14(5-2)13-18-19(16,17-3)15-11-8-7-9-12-15/h7-9,11-12,14H,4-6,10,13H2,1-3H3. The van der Waals surface area contributed by atoms with Gasteiger partial charge in [0.15, 0.2) is 0 Å². The van der Waals surface area contributed by atoms with Crippen LogP contribution in [-0.4, -0.2) is 13.7 Å². The minimum Gasteiger partial charge on any atom is -0.309 e. The normalized spacial score (nSPS) is 15.9. The molecule has 4 heteroatoms. The van der Waals surface area contributed by atoms with Gasteiger partial charge < -0.3 is 9.05 Å². The van der Waals surface area contributed by atoms with Gasteiger partial charge in [-0.2, -0.15) is 0 Å². The van der Waals surface area contributed by atoms with E-state index in [1.807, 2.05) is 18.2 Å². The van der Waals surface area contributed by atoms with Crippen LogP contribution in [-0.2, 0) is 13.6 Å². The number of unbranched alkanes of at least 4 members (excludes halogenated alkanes) is 1. The Labute approximate surface area is 116 Å². The molecule has 0 saturated heterocycles. The van der Waals surface area contributed by atoms with Crippen LogP contribution in [0.4, 0.5) is 0 Å². The average Bonchev–Trinajstić information content (AvgIpc) is 2.48. The first-order chi connectivity index (χ1) is 9.16. The second-order valence-electron chi connectivity index (χ2n) is 4.73. The molecule has 1 aromatic carbocycles. The molecule has 0 radical (unpaired) electrons. The number of hydrogen-bond acceptors (Lipinski definition) is 3. The summed E-state index contributed by atoms with van der Waals surface area (Å²) in [5.41, 5.74) is 0. The summed E-state index contributed by atoms with van der Waals surface area (Å²) in [6.45, 7) is 4.82. The van der Waals surface area contributed by atoms with Crippen molar-refractivity contribution < 1.29 is 13.6 Å². The Morgan fingerprint density at radius 3 is 2.42 bits per heavy atom. The van der Waals surface area contributed by atoms with Gasteiger partial charge in [0, 0.05) is 7.11 Å². The van der Waals surface area contributed by atoms with Crippen LogP contribution in [0.3, 0.4) is 0 Å². The fourth-order valence-corrected chi connectivity index (χ4v) is 3.35. The predicted molar refractivity (Wildman–Crippen MR) is 79.9 cm³/mol. The van der Waals surface area contributed by atoms with Crippen LogP contribution in [0.1, 0.15) is 39.5 Å². The van der Waals surface area contributed by atoms with E-state index in [1.54, 1.807) is 12.1 Å². The SMILES string of the molecule is CCCCC(CC)COP(=O)(OC)c1ccccc1. The molecule has 0 aromatic heterocycles. The third-order valence-electron chi connectivity index (χ3n) is 3.34. The molecule has 0 N–H and O–H groups in total. The highest BCUT2D eigenvalue weighted by Gasteiger charge is 2.26. The van der Waals surface area contributed by atoms with E-state index < -0.39 is 7.60 Å². The van der Waals surface area contributed by atoms with Crippen LogP contribution >= 0.6 is 7.60 Å². The van der Waals surface area contributed by atoms with E-state index in [0.29, 0.717) is 17.8 Å². The number of hydrogen-bond donors (Lipinski definition) is 0. The highest BCUT2D eigenvalue weighted by Crippen LogP contribution is 2.46. The van der Waals surface area contributed by atoms with E-state index in [9.17, 15) is 4.57 Å². The topological polar surface area (TPSA) is 35.5 Å². The molecule has 0 aliphatic carbocycles. The van der Waals surface area contributed by atoms with Gasteiger partial charge in [0.2, 0.25) is 0 Å². The monoisotopic (exact) mass is 284 g/mol. The fraction of sp³-hybridized carbons (Fsp3) is 0.600. The molecular weight excluding hydrogens is 259 g/mol. The van der Waals surface area contributed by atoms with Crippen molar-refractivity contribution in [1.82, 2.24) is 0 Å². The molecule has 0 aliphatic rings. The van der Waals surface area contributed by atoms with Crippen LogP contribution in [0.25, 0.3) is 0 Å². The Morgan fingerprint density at radius 2 is 1.89 bits per heavy atom. The van der Waals surface area contributed by atoms with E-state index in [4.69, 9.17) is 9.05 Å². The molecule has 0 fully saturated rings. The first kappa shape index (κ1) is 16.4. The summed E-state index contributed by atoms with van der Waals surface area (Å²) in [6.07, 6.45) is 4.52. The summed E-state index contributed by atoms with van der Waals surface area (Å²) >= 11 is 0. The molecule has 2 unspecified atom stereocenters. The molecule has 0 aliphatic heterocycles. The molecular formula is C15H25O3P. The fourth-order valence-electron chi connectivity index (χ4n) is 1.94. The van der Waals surface area contributed by atoms with Gasteiger partial charge in [0.25, 0.3) is 0 Å². The zero-order valence-corrected chi connectivity index (χ0v) is 13.1. The molecule has 1 aromatic rings. The lowest BCUT2D eigenvalue weighted by Gasteiger charge is -2.20. The Kier molecular flexibility index (Phi) is 7.37. The van der Waals surface area contributed by atoms with Crippen molar-refractivity contribution in [3.05, 3.63) is 30.3 Å². The molecule has 0 amide bonds. The summed E-state index contributed by atoms with van der Waals surface area (Å²) in [5, 5.41) is 0.628. The summed E-state index contributed by atoms with van der Waals surface area (Å²) < 4.78 is 23.4. The predicted octanol–water partition coefficient (Wildman–Crippen LogP) is 4.38. The Balaban J connectivity index is 2.64. The summed E-state index contributed by atoms with van der Waals surface area (Å²) in [5.74, 6) is 0.451. The highest BCUT2D eigenvalue weighted by atomic mass is 31.2. The van der Waals surface area contributed by atoms with E-state index in [0.717, 1.165) is 12.8 Å². The average molecular weight is 284 g/mol. The van der Waals surface area contributed by atoms with Crippen LogP contribution in [0.5, 0.6) is 0 Å². The van der Waals surface area contributed by atoms with Gasteiger partial charge in [-0.25, -0.2) is 0 Å². The zero-order valence-electron chi connectivity index (χ0n) is 12.2. The third kappa shape index (κ3) is 5.10. The van der Waals surface area contributed by atoms with Crippen molar-refractivity contribution in [2.45, 2.75) is 39.5 Å². The lowest BCUT2D eigenvalue weighted by molar-refractivity contribution is 0.196. The summed E-state index contributed by atoms with van der Waals surface area (Å²) in [7, 11) is -1.71. The third-order valence-corrected chi connectivity index (χ3v) is 5.24. The molecule has 2 atom stereocenters. The van der Waals surface area contributed by atoms with Crippen molar-refractivity contribution in [2.24, 2.45) is 5.92 Å². The Morgan fingerprint density at radius 1 is 1.21 bits per heavy atom. The minimum atomic E-state index is -3.15. The largest absolute Gasteiger partial charge is 0.361 e. The van der Waals surface area contributed by atoms with Crippen molar-refractivity contribution in [3.63, 3.8) is 0 Å². The van der Waals surface area contributed by atoms with Gasteiger partial charge >= 0.3 is 7.60 Å². The van der Waals surface area contributed by atoms with Crippen LogP contribution in [0, 0.1) is 5.92 Å². The van der Waals surface area contributed by atoms with Gasteiger partial charge in [-0.05, 0) is 24.5 Å². The number of rotatable bonds is 9. The van der Waals surface area contributed by atoms with Gasteiger partial charge in [-0.15, -0.1) is 0 Å². The second-order valence-corrected chi connectivity index (χ2v) is 6.86. The van der Waals surface area contributed by atoms with Gasteiger partial charge in [-0.1, -0.05) is 51.3 Å². The quantitative estimate of drug-likeness (QED) is 0.631. The van der Waals surface area contributed by atoms with Crippen molar-refractivity contribution in [1.29, 1.82) is 0 Å². The highest BCUT2D eigenvalue weighted by molar-refractivity contribution is 7.62. The molecule has 0 spiro atoms. The lowest BCUT2D eigenvalue weighted by atomic mass is 10.0. The van der Waals surface area contributed by atoms with E-state index in [-0.39, 0.29) is 0 Å². The smallest absolute Gasteiger partial charge is 0.309 e. The van der Waals surface area contributed by atoms with Crippen LogP contribution < -0.4 is 5.30 Å². The lowest BCUT2D eigenvalue weighted by Crippen LogP contribution is -2.14. The molecule has 19 heavy (non-hydrogen) atoms. The van der Waals surface area contributed by atoms with E-state index in [1.165, 1.54) is 20.0 Å². The Hall–Kier alpha value is -0.630. The molecule has 108 valence electrons. The second kappa shape index (κ2) is 8.52. The van der Waals surface area contributed by atoms with Crippen molar-refractivity contribution >= 4 is 12.9 Å². The summed E-state index contributed by atoms with van der Waals surface area (Å²) in [4.78, 5) is 0. The molecule has 0 saturated carbocycles. The molecule has 0 heterocycles. The number of benzene rings is 1. The zero-order chi connectivity index (χ0) is 14.1.